The Kier molecular flexibility index (Phi) is 2.12. The van der Waals surface area contributed by atoms with Crippen molar-refractivity contribution < 1.29 is 0 Å². The van der Waals surface area contributed by atoms with Gasteiger partial charge in [-0.3, -0.25) is 0 Å². The van der Waals surface area contributed by atoms with E-state index in [9.17, 15) is 0 Å². The van der Waals surface area contributed by atoms with Gasteiger partial charge < -0.3 is 10.7 Å². The maximum Gasteiger partial charge on any atom is 0.154 e. The summed E-state index contributed by atoms with van der Waals surface area (Å²) in [7, 11) is 0.857. The molecular weight excluding hydrogens is 100 g/mol. The predicted molar refractivity (Wildman–Crippen MR) is 29.9 cm³/mol. The van der Waals surface area contributed by atoms with Gasteiger partial charge in [-0.1, -0.05) is 0 Å². The zero-order chi connectivity index (χ0) is 4.28. The van der Waals surface area contributed by atoms with E-state index in [0.717, 1.165) is 10.4 Å². The highest BCUT2D eigenvalue weighted by molar-refractivity contribution is 7.80. The molecule has 0 aromatic carbocycles. The summed E-state index contributed by atoms with van der Waals surface area (Å²) in [5.41, 5.74) is 4.95. The Morgan fingerprint density at radius 3 is 2.20 bits per heavy atom. The Morgan fingerprint density at radius 2 is 2.20 bits per heavy atom. The fourth-order valence-corrected chi connectivity index (χ4v) is 0. The fourth-order valence-electron chi connectivity index (χ4n) is 0. The van der Waals surface area contributed by atoms with Gasteiger partial charge in [0, 0.05) is 0 Å². The molecule has 5 heavy (non-hydrogen) atoms. The molecule has 0 amide bonds. The zero-order valence-corrected chi connectivity index (χ0v) is 5.80. The van der Waals surface area contributed by atoms with Crippen molar-refractivity contribution in [2.75, 3.05) is 0 Å². The van der Waals surface area contributed by atoms with E-state index in [-0.39, 0.29) is 0 Å². The van der Waals surface area contributed by atoms with Crippen molar-refractivity contribution >= 4 is 27.7 Å². The second-order valence-corrected chi connectivity index (χ2v) is 1.55. The van der Waals surface area contributed by atoms with Gasteiger partial charge >= 0.3 is 0 Å². The van der Waals surface area contributed by atoms with E-state index >= 15 is 0 Å². The number of hydrogen-bond acceptors (Lipinski definition) is 1. The van der Waals surface area contributed by atoms with Gasteiger partial charge in [0.1, 0.15) is 10.4 Å². The lowest BCUT2D eigenvalue weighted by molar-refractivity contribution is 1.48. The van der Waals surface area contributed by atoms with E-state index in [1.54, 1.807) is 0 Å². The van der Waals surface area contributed by atoms with Gasteiger partial charge in [-0.2, -0.15) is 0 Å². The van der Waals surface area contributed by atoms with Crippen molar-refractivity contribution in [3.63, 3.8) is 0 Å². The molecular formula is CH6N2SSi. The van der Waals surface area contributed by atoms with Crippen LogP contribution in [0.1, 0.15) is 0 Å². The summed E-state index contributed by atoms with van der Waals surface area (Å²) in [5, 5.41) is 0.400. The van der Waals surface area contributed by atoms with Crippen molar-refractivity contribution in [1.82, 2.24) is 4.98 Å². The van der Waals surface area contributed by atoms with Crippen molar-refractivity contribution in [1.29, 1.82) is 0 Å². The lowest BCUT2D eigenvalue weighted by atomic mass is 11.3. The Bertz CT molecular complexity index is 44.9. The molecule has 0 saturated carbocycles. The van der Waals surface area contributed by atoms with Crippen LogP contribution in [0.3, 0.4) is 0 Å². The molecule has 0 aromatic heterocycles. The van der Waals surface area contributed by atoms with Crippen LogP contribution in [0.15, 0.2) is 0 Å². The molecule has 0 atom stereocenters. The van der Waals surface area contributed by atoms with Crippen LogP contribution < -0.4 is 10.7 Å². The topological polar surface area (TPSA) is 38.0 Å². The minimum atomic E-state index is 0.400. The summed E-state index contributed by atoms with van der Waals surface area (Å²) in [5.74, 6) is 0. The molecule has 0 bridgehead atoms. The molecule has 0 radical (unpaired) electrons. The molecule has 4 heteroatoms. The molecule has 0 heterocycles. The Morgan fingerprint density at radius 1 is 2.00 bits per heavy atom. The van der Waals surface area contributed by atoms with Crippen molar-refractivity contribution in [3.05, 3.63) is 0 Å². The van der Waals surface area contributed by atoms with E-state index in [0.29, 0.717) is 5.11 Å². The molecule has 0 aliphatic rings. The number of nitrogens with one attached hydrogen (secondary N) is 1. The highest BCUT2D eigenvalue weighted by Gasteiger charge is 1.66. The lowest BCUT2D eigenvalue weighted by Gasteiger charge is -1.85. The van der Waals surface area contributed by atoms with Gasteiger partial charge in [0.2, 0.25) is 0 Å². The van der Waals surface area contributed by atoms with E-state index < -0.39 is 0 Å². The molecule has 0 aliphatic heterocycles. The maximum absolute atomic E-state index is 4.95. The third-order valence-corrected chi connectivity index (χ3v) is 1.35. The van der Waals surface area contributed by atoms with Gasteiger partial charge in [-0.15, -0.1) is 0 Å². The molecule has 0 fully saturated rings. The second-order valence-electron chi connectivity index (χ2n) is 0.614. The molecule has 0 unspecified atom stereocenters. The van der Waals surface area contributed by atoms with Crippen molar-refractivity contribution in [2.24, 2.45) is 5.73 Å². The van der Waals surface area contributed by atoms with E-state index in [4.69, 9.17) is 5.73 Å². The summed E-state index contributed by atoms with van der Waals surface area (Å²) in [4.78, 5) is 2.68. The number of rotatable bonds is 0. The molecule has 3 N–H and O–H groups in total. The third-order valence-electron chi connectivity index (χ3n) is 0.246. The normalized spacial score (nSPS) is 7.20. The zero-order valence-electron chi connectivity index (χ0n) is 2.99. The van der Waals surface area contributed by atoms with Gasteiger partial charge in [0.25, 0.3) is 0 Å². The van der Waals surface area contributed by atoms with Crippen LogP contribution in [-0.4, -0.2) is 15.5 Å². The summed E-state index contributed by atoms with van der Waals surface area (Å²) >= 11 is 4.40. The quantitative estimate of drug-likeness (QED) is 0.280. The number of hydrogen-bond donors (Lipinski definition) is 2. The minimum absolute atomic E-state index is 0.400. The molecule has 30 valence electrons. The van der Waals surface area contributed by atoms with Gasteiger partial charge in [-0.25, -0.2) is 0 Å². The molecule has 0 saturated heterocycles. The maximum atomic E-state index is 4.95. The molecule has 0 aromatic rings. The van der Waals surface area contributed by atoms with Crippen LogP contribution in [0.4, 0.5) is 0 Å². The largest absolute Gasteiger partial charge is 0.397 e. The first kappa shape index (κ1) is 4.91. The Balaban J connectivity index is 2.85. The summed E-state index contributed by atoms with van der Waals surface area (Å²) in [6.45, 7) is 0. The van der Waals surface area contributed by atoms with Crippen LogP contribution >= 0.6 is 12.2 Å². The van der Waals surface area contributed by atoms with Gasteiger partial charge in [-0.05, 0) is 12.2 Å². The lowest BCUT2D eigenvalue weighted by Crippen LogP contribution is -2.25. The SMILES string of the molecule is NC(=S)N[SiH3]. The highest BCUT2D eigenvalue weighted by Crippen LogP contribution is 1.42. The predicted octanol–water partition coefficient (Wildman–Crippen LogP) is -1.90. The fraction of sp³-hybridized carbons (Fsp3) is 0. The third kappa shape index (κ3) is 3.91. The van der Waals surface area contributed by atoms with Gasteiger partial charge in [0.15, 0.2) is 5.11 Å². The minimum Gasteiger partial charge on any atom is -0.397 e. The van der Waals surface area contributed by atoms with Crippen LogP contribution in [0.25, 0.3) is 0 Å². The Labute approximate surface area is 39.2 Å². The van der Waals surface area contributed by atoms with Crippen LogP contribution in [0.2, 0.25) is 0 Å². The van der Waals surface area contributed by atoms with E-state index in [2.05, 4.69) is 17.2 Å². The first-order valence-corrected chi connectivity index (χ1v) is 2.65. The first-order valence-electron chi connectivity index (χ1n) is 1.24. The van der Waals surface area contributed by atoms with Crippen LogP contribution in [-0.2, 0) is 0 Å². The van der Waals surface area contributed by atoms with Crippen LogP contribution in [0, 0.1) is 0 Å². The smallest absolute Gasteiger partial charge is 0.154 e. The van der Waals surface area contributed by atoms with E-state index in [1.165, 1.54) is 0 Å². The van der Waals surface area contributed by atoms with Gasteiger partial charge in [0.05, 0.1) is 0 Å². The van der Waals surface area contributed by atoms with Crippen molar-refractivity contribution in [2.45, 2.75) is 0 Å². The van der Waals surface area contributed by atoms with Crippen molar-refractivity contribution in [3.8, 4) is 0 Å². The Hall–Kier alpha value is -0.0931. The van der Waals surface area contributed by atoms with Crippen LogP contribution in [0.5, 0.6) is 0 Å². The summed E-state index contributed by atoms with van der Waals surface area (Å²) in [6, 6.07) is 0. The molecule has 2 nitrogen and oxygen atoms in total. The summed E-state index contributed by atoms with van der Waals surface area (Å²) in [6.07, 6.45) is 0. The molecule has 0 spiro atoms. The standard InChI is InChI=1S/CH6N2SSi/c2-1(4)3-5/h5H3,(H3,2,3,4). The monoisotopic (exact) mass is 106 g/mol. The molecule has 0 rings (SSSR count). The number of thiocarbonyl (C=S) groups is 1. The average Bonchev–Trinajstić information content (AvgIpc) is 1.38. The van der Waals surface area contributed by atoms with E-state index in [1.807, 2.05) is 0 Å². The first-order chi connectivity index (χ1) is 2.27. The number of nitrogens with two attached hydrogens (primary N) is 1. The summed E-state index contributed by atoms with van der Waals surface area (Å²) < 4.78 is 0. The second kappa shape index (κ2) is 2.16. The highest BCUT2D eigenvalue weighted by atomic mass is 32.1. The average molecular weight is 106 g/mol. The molecule has 0 aliphatic carbocycles.